The minimum absolute atomic E-state index is 0.0519. The number of fused-ring (bicyclic) bond motifs is 3. The van der Waals surface area contributed by atoms with Crippen LogP contribution in [0.1, 0.15) is 65.7 Å². The molecule has 0 aromatic rings. The molecule has 5 fully saturated rings. The van der Waals surface area contributed by atoms with E-state index in [9.17, 15) is 14.7 Å². The summed E-state index contributed by atoms with van der Waals surface area (Å²) in [5, 5.41) is 10.9. The van der Waals surface area contributed by atoms with Crippen LogP contribution in [0.5, 0.6) is 0 Å². The van der Waals surface area contributed by atoms with Crippen LogP contribution in [-0.2, 0) is 23.8 Å². The lowest BCUT2D eigenvalue weighted by atomic mass is 9.44. The van der Waals surface area contributed by atoms with Gasteiger partial charge in [0.15, 0.2) is 0 Å². The van der Waals surface area contributed by atoms with Crippen molar-refractivity contribution >= 4 is 11.9 Å². The molecule has 162 valence electrons. The van der Waals surface area contributed by atoms with Crippen molar-refractivity contribution in [3.63, 3.8) is 0 Å². The molecule has 1 aliphatic heterocycles. The van der Waals surface area contributed by atoms with E-state index >= 15 is 0 Å². The second kappa shape index (κ2) is 6.19. The lowest BCUT2D eigenvalue weighted by Gasteiger charge is -2.60. The molecule has 10 atom stereocenters. The monoisotopic (exact) mass is 406 g/mol. The van der Waals surface area contributed by atoms with E-state index in [4.69, 9.17) is 14.2 Å². The van der Waals surface area contributed by atoms with Crippen LogP contribution in [-0.4, -0.2) is 48.1 Å². The number of carbonyl (C=O) groups is 2. The topological polar surface area (TPSA) is 85.4 Å². The smallest absolute Gasteiger partial charge is 0.312 e. The highest BCUT2D eigenvalue weighted by atomic mass is 16.6. The van der Waals surface area contributed by atoms with E-state index in [0.717, 1.165) is 44.9 Å². The van der Waals surface area contributed by atoms with E-state index in [2.05, 4.69) is 13.8 Å². The Labute approximate surface area is 172 Å². The molecule has 0 aromatic carbocycles. The van der Waals surface area contributed by atoms with Crippen LogP contribution in [0.15, 0.2) is 0 Å². The van der Waals surface area contributed by atoms with Crippen LogP contribution >= 0.6 is 0 Å². The summed E-state index contributed by atoms with van der Waals surface area (Å²) in [7, 11) is 1.41. The van der Waals surface area contributed by atoms with Crippen LogP contribution in [0.2, 0.25) is 0 Å². The molecule has 0 aromatic heterocycles. The Kier molecular flexibility index (Phi) is 4.23. The van der Waals surface area contributed by atoms with Gasteiger partial charge in [0.05, 0.1) is 19.1 Å². The lowest BCUT2D eigenvalue weighted by Crippen LogP contribution is -2.59. The van der Waals surface area contributed by atoms with Crippen LogP contribution in [0.25, 0.3) is 0 Å². The third kappa shape index (κ3) is 2.36. The Morgan fingerprint density at radius 2 is 1.83 bits per heavy atom. The van der Waals surface area contributed by atoms with E-state index in [1.165, 1.54) is 14.0 Å². The van der Waals surface area contributed by atoms with Gasteiger partial charge in [-0.15, -0.1) is 0 Å². The SMILES string of the molecule is COC(=O)[C@H]1[C@@H](O)[C@H]2O[C@]23[C@@H]2CC[C@@H]4C[C@@H](OC(C)=O)CC[C@]4(C)[C@H]2CC[C@]13C. The van der Waals surface area contributed by atoms with Crippen LogP contribution in [0, 0.1) is 34.5 Å². The molecule has 0 amide bonds. The molecule has 29 heavy (non-hydrogen) atoms. The Balaban J connectivity index is 1.43. The zero-order chi connectivity index (χ0) is 20.8. The van der Waals surface area contributed by atoms with E-state index in [1.54, 1.807) is 0 Å². The van der Waals surface area contributed by atoms with Crippen LogP contribution in [0.3, 0.4) is 0 Å². The van der Waals surface area contributed by atoms with Crippen molar-refractivity contribution in [3.05, 3.63) is 0 Å². The molecule has 0 unspecified atom stereocenters. The van der Waals surface area contributed by atoms with Crippen molar-refractivity contribution in [2.75, 3.05) is 7.11 Å². The summed E-state index contributed by atoms with van der Waals surface area (Å²) in [5.74, 6) is 0.501. The quantitative estimate of drug-likeness (QED) is 0.561. The largest absolute Gasteiger partial charge is 0.469 e. The maximum atomic E-state index is 12.5. The number of aliphatic hydroxyl groups is 1. The van der Waals surface area contributed by atoms with Crippen molar-refractivity contribution in [1.29, 1.82) is 0 Å². The zero-order valence-electron chi connectivity index (χ0n) is 18.0. The maximum Gasteiger partial charge on any atom is 0.312 e. The molecule has 1 N–H and O–H groups in total. The molecule has 6 heteroatoms. The lowest BCUT2D eigenvalue weighted by molar-refractivity contribution is -0.179. The highest BCUT2D eigenvalue weighted by Gasteiger charge is 2.84. The van der Waals surface area contributed by atoms with Gasteiger partial charge in [-0.2, -0.15) is 0 Å². The maximum absolute atomic E-state index is 12.5. The second-order valence-corrected chi connectivity index (χ2v) is 10.8. The van der Waals surface area contributed by atoms with Gasteiger partial charge in [-0.3, -0.25) is 9.59 Å². The van der Waals surface area contributed by atoms with E-state index in [1.807, 2.05) is 0 Å². The highest BCUT2D eigenvalue weighted by molar-refractivity contribution is 5.76. The number of carbonyl (C=O) groups excluding carboxylic acids is 2. The summed E-state index contributed by atoms with van der Waals surface area (Å²) in [6.07, 6.45) is 6.11. The van der Waals surface area contributed by atoms with Crippen molar-refractivity contribution < 1.29 is 28.9 Å². The first-order valence-electron chi connectivity index (χ1n) is 11.3. The van der Waals surface area contributed by atoms with Crippen LogP contribution in [0.4, 0.5) is 0 Å². The number of rotatable bonds is 2. The Hall–Kier alpha value is -1.14. The molecule has 4 aliphatic carbocycles. The van der Waals surface area contributed by atoms with Crippen molar-refractivity contribution in [2.45, 2.75) is 89.6 Å². The predicted octanol–water partition coefficient (Wildman–Crippen LogP) is 2.85. The number of ether oxygens (including phenoxy) is 3. The number of hydrogen-bond acceptors (Lipinski definition) is 6. The van der Waals surface area contributed by atoms with Gasteiger partial charge in [-0.25, -0.2) is 0 Å². The van der Waals surface area contributed by atoms with E-state index in [0.29, 0.717) is 17.8 Å². The minimum Gasteiger partial charge on any atom is -0.469 e. The fraction of sp³-hybridized carbons (Fsp3) is 0.913. The number of aliphatic hydroxyl groups excluding tert-OH is 1. The fourth-order valence-corrected chi connectivity index (χ4v) is 8.55. The van der Waals surface area contributed by atoms with Gasteiger partial charge in [0.1, 0.15) is 17.8 Å². The number of hydrogen-bond donors (Lipinski definition) is 1. The Morgan fingerprint density at radius 1 is 1.07 bits per heavy atom. The van der Waals surface area contributed by atoms with Gasteiger partial charge in [0.2, 0.25) is 0 Å². The van der Waals surface area contributed by atoms with Gasteiger partial charge in [0.25, 0.3) is 0 Å². The summed E-state index contributed by atoms with van der Waals surface area (Å²) in [6.45, 7) is 6.07. The molecule has 1 heterocycles. The first-order chi connectivity index (χ1) is 13.7. The third-order valence-electron chi connectivity index (χ3n) is 9.88. The average Bonchev–Trinajstić information content (AvgIpc) is 3.38. The van der Waals surface area contributed by atoms with Crippen molar-refractivity contribution in [2.24, 2.45) is 34.5 Å². The first-order valence-corrected chi connectivity index (χ1v) is 11.3. The van der Waals surface area contributed by atoms with Crippen molar-refractivity contribution in [1.82, 2.24) is 0 Å². The number of methoxy groups -OCH3 is 1. The summed E-state index contributed by atoms with van der Waals surface area (Å²) >= 11 is 0. The summed E-state index contributed by atoms with van der Waals surface area (Å²) in [6, 6.07) is 0. The number of esters is 2. The molecule has 0 radical (unpaired) electrons. The van der Waals surface area contributed by atoms with E-state index < -0.39 is 12.0 Å². The first kappa shape index (κ1) is 19.8. The Bertz CT molecular complexity index is 737. The summed E-state index contributed by atoms with van der Waals surface area (Å²) in [5.41, 5.74) is -0.529. The molecule has 6 nitrogen and oxygen atoms in total. The van der Waals surface area contributed by atoms with Gasteiger partial charge < -0.3 is 19.3 Å². The molecule has 5 aliphatic rings. The van der Waals surface area contributed by atoms with Crippen molar-refractivity contribution in [3.8, 4) is 0 Å². The molecular formula is C23H34O6. The molecule has 1 saturated heterocycles. The number of epoxide rings is 1. The zero-order valence-corrected chi connectivity index (χ0v) is 18.0. The minimum atomic E-state index is -0.767. The highest BCUT2D eigenvalue weighted by Crippen LogP contribution is 2.76. The molecule has 5 rings (SSSR count). The van der Waals surface area contributed by atoms with Gasteiger partial charge in [0, 0.05) is 12.3 Å². The van der Waals surface area contributed by atoms with Crippen LogP contribution < -0.4 is 0 Å². The van der Waals surface area contributed by atoms with Gasteiger partial charge in [-0.05, 0) is 68.1 Å². The predicted molar refractivity (Wildman–Crippen MR) is 104 cm³/mol. The fourth-order valence-electron chi connectivity index (χ4n) is 8.55. The van der Waals surface area contributed by atoms with Gasteiger partial charge in [-0.1, -0.05) is 13.8 Å². The molecule has 0 bridgehead atoms. The molecule has 4 saturated carbocycles. The Morgan fingerprint density at radius 3 is 2.52 bits per heavy atom. The second-order valence-electron chi connectivity index (χ2n) is 10.8. The summed E-state index contributed by atoms with van der Waals surface area (Å²) < 4.78 is 17.0. The normalized spacial score (nSPS) is 55.0. The molecular weight excluding hydrogens is 372 g/mol. The standard InChI is InChI=1S/C23H34O6/c1-12(24)28-14-7-9-21(2)13(11-14)5-6-16-15(21)8-10-22(3)17(20(26)27-4)18(25)19-23(16,22)29-19/h13-19,25H,5-11H2,1-4H3/t13-,14+,15+,16-,17-,18-,19-,21+,22-,23-/m1/s1. The van der Waals surface area contributed by atoms with E-state index in [-0.39, 0.29) is 40.6 Å². The third-order valence-corrected chi connectivity index (χ3v) is 9.88. The average molecular weight is 407 g/mol. The molecule has 1 spiro atoms. The van der Waals surface area contributed by atoms with Gasteiger partial charge >= 0.3 is 11.9 Å². The summed E-state index contributed by atoms with van der Waals surface area (Å²) in [4.78, 5) is 24.0.